The Morgan fingerprint density at radius 3 is 2.85 bits per heavy atom. The maximum Gasteiger partial charge on any atom is 0.128 e. The Balaban J connectivity index is 2.70. The third-order valence-electron chi connectivity index (χ3n) is 2.18. The monoisotopic (exact) mass is 178 g/mol. The first-order valence-corrected chi connectivity index (χ1v) is 4.18. The van der Waals surface area contributed by atoms with E-state index in [1.54, 1.807) is 6.92 Å². The van der Waals surface area contributed by atoms with Crippen molar-refractivity contribution in [3.05, 3.63) is 35.3 Å². The van der Waals surface area contributed by atoms with E-state index in [1.165, 1.54) is 6.07 Å². The van der Waals surface area contributed by atoms with Crippen LogP contribution in [0.1, 0.15) is 11.3 Å². The number of aromatic nitrogens is 1. The molecule has 0 saturated carbocycles. The van der Waals surface area contributed by atoms with Gasteiger partial charge in [-0.15, -0.1) is 0 Å². The van der Waals surface area contributed by atoms with Gasteiger partial charge in [0.05, 0.1) is 0 Å². The molecule has 0 amide bonds. The number of benzene rings is 1. The van der Waals surface area contributed by atoms with Crippen molar-refractivity contribution in [2.24, 2.45) is 5.73 Å². The third kappa shape index (κ3) is 1.31. The molecule has 68 valence electrons. The highest BCUT2D eigenvalue weighted by Gasteiger charge is 2.03. The molecular weight excluding hydrogens is 167 g/mol. The molecule has 0 spiro atoms. The number of aryl methyl sites for hydroxylation is 1. The fourth-order valence-electron chi connectivity index (χ4n) is 1.44. The quantitative estimate of drug-likeness (QED) is 0.689. The van der Waals surface area contributed by atoms with E-state index in [1.807, 2.05) is 12.1 Å². The van der Waals surface area contributed by atoms with Crippen molar-refractivity contribution in [1.29, 1.82) is 0 Å². The summed E-state index contributed by atoms with van der Waals surface area (Å²) in [4.78, 5) is 3.05. The van der Waals surface area contributed by atoms with Crippen LogP contribution in [-0.4, -0.2) is 4.98 Å². The largest absolute Gasteiger partial charge is 0.357 e. The van der Waals surface area contributed by atoms with E-state index in [2.05, 4.69) is 4.98 Å². The fraction of sp³-hybridized carbons (Fsp3) is 0.200. The summed E-state index contributed by atoms with van der Waals surface area (Å²) in [6.07, 6.45) is 0. The number of H-pyrrole nitrogens is 1. The van der Waals surface area contributed by atoms with Crippen LogP contribution in [0, 0.1) is 12.7 Å². The minimum absolute atomic E-state index is 0.182. The lowest BCUT2D eigenvalue weighted by Crippen LogP contribution is -1.94. The van der Waals surface area contributed by atoms with Crippen molar-refractivity contribution in [3.63, 3.8) is 0 Å². The summed E-state index contributed by atoms with van der Waals surface area (Å²) >= 11 is 0. The maximum absolute atomic E-state index is 13.1. The van der Waals surface area contributed by atoms with Gasteiger partial charge in [0.15, 0.2) is 0 Å². The molecule has 0 fully saturated rings. The number of hydrogen-bond donors (Lipinski definition) is 2. The van der Waals surface area contributed by atoms with Crippen LogP contribution in [0.25, 0.3) is 10.9 Å². The summed E-state index contributed by atoms with van der Waals surface area (Å²) in [6.45, 7) is 2.21. The number of hydrogen-bond acceptors (Lipinski definition) is 1. The Hall–Kier alpha value is -1.35. The van der Waals surface area contributed by atoms with Gasteiger partial charge in [0.25, 0.3) is 0 Å². The minimum Gasteiger partial charge on any atom is -0.357 e. The first kappa shape index (κ1) is 8.26. The molecule has 0 radical (unpaired) electrons. The molecule has 0 aliphatic carbocycles. The zero-order valence-electron chi connectivity index (χ0n) is 7.39. The molecule has 0 aliphatic rings. The Morgan fingerprint density at radius 1 is 1.38 bits per heavy atom. The molecule has 2 aromatic rings. The van der Waals surface area contributed by atoms with Crippen LogP contribution in [0.2, 0.25) is 0 Å². The number of aromatic amines is 1. The average Bonchev–Trinajstić information content (AvgIpc) is 2.48. The normalized spacial score (nSPS) is 11.0. The summed E-state index contributed by atoms with van der Waals surface area (Å²) in [5, 5.41) is 1.01. The van der Waals surface area contributed by atoms with Gasteiger partial charge in [-0.3, -0.25) is 0 Å². The highest BCUT2D eigenvalue weighted by atomic mass is 19.1. The first-order valence-electron chi connectivity index (χ1n) is 4.18. The topological polar surface area (TPSA) is 41.8 Å². The van der Waals surface area contributed by atoms with E-state index in [-0.39, 0.29) is 5.82 Å². The van der Waals surface area contributed by atoms with E-state index in [4.69, 9.17) is 5.73 Å². The van der Waals surface area contributed by atoms with E-state index < -0.39 is 0 Å². The number of nitrogens with two attached hydrogens (primary N) is 1. The highest BCUT2D eigenvalue weighted by Crippen LogP contribution is 2.19. The molecule has 1 aromatic heterocycles. The molecule has 1 aromatic carbocycles. The Labute approximate surface area is 75.6 Å². The van der Waals surface area contributed by atoms with Gasteiger partial charge in [-0.05, 0) is 30.7 Å². The highest BCUT2D eigenvalue weighted by molar-refractivity contribution is 5.81. The predicted molar refractivity (Wildman–Crippen MR) is 50.9 cm³/mol. The summed E-state index contributed by atoms with van der Waals surface area (Å²) in [5.41, 5.74) is 7.87. The van der Waals surface area contributed by atoms with Crippen molar-refractivity contribution < 1.29 is 4.39 Å². The van der Waals surface area contributed by atoms with Crippen molar-refractivity contribution in [2.45, 2.75) is 13.5 Å². The lowest BCUT2D eigenvalue weighted by molar-refractivity contribution is 0.620. The SMILES string of the molecule is Cc1cc2cc(CN)[nH]c2cc1F. The smallest absolute Gasteiger partial charge is 0.128 e. The number of rotatable bonds is 1. The number of nitrogens with one attached hydrogen (secondary N) is 1. The standard InChI is InChI=1S/C10H11FN2/c1-6-2-7-3-8(5-12)13-10(7)4-9(6)11/h2-4,13H,5,12H2,1H3. The molecule has 0 saturated heterocycles. The van der Waals surface area contributed by atoms with Gasteiger partial charge in [-0.1, -0.05) is 0 Å². The van der Waals surface area contributed by atoms with E-state index in [9.17, 15) is 4.39 Å². The average molecular weight is 178 g/mol. The van der Waals surface area contributed by atoms with Gasteiger partial charge in [-0.25, -0.2) is 4.39 Å². The van der Waals surface area contributed by atoms with Crippen LogP contribution in [0.3, 0.4) is 0 Å². The molecule has 3 N–H and O–H groups in total. The van der Waals surface area contributed by atoms with E-state index >= 15 is 0 Å². The molecular formula is C10H11FN2. The van der Waals surface area contributed by atoms with Gasteiger partial charge < -0.3 is 10.7 Å². The Morgan fingerprint density at radius 2 is 2.15 bits per heavy atom. The Kier molecular flexibility index (Phi) is 1.81. The van der Waals surface area contributed by atoms with Gasteiger partial charge in [0.2, 0.25) is 0 Å². The predicted octanol–water partition coefficient (Wildman–Crippen LogP) is 2.07. The van der Waals surface area contributed by atoms with Crippen LogP contribution in [-0.2, 0) is 6.54 Å². The summed E-state index contributed by atoms with van der Waals surface area (Å²) in [6, 6.07) is 5.27. The maximum atomic E-state index is 13.1. The molecule has 1 heterocycles. The fourth-order valence-corrected chi connectivity index (χ4v) is 1.44. The third-order valence-corrected chi connectivity index (χ3v) is 2.18. The van der Waals surface area contributed by atoms with Crippen molar-refractivity contribution >= 4 is 10.9 Å². The van der Waals surface area contributed by atoms with Crippen LogP contribution in [0.15, 0.2) is 18.2 Å². The van der Waals surface area contributed by atoms with Gasteiger partial charge in [0.1, 0.15) is 5.82 Å². The number of fused-ring (bicyclic) bond motifs is 1. The van der Waals surface area contributed by atoms with Gasteiger partial charge >= 0.3 is 0 Å². The second-order valence-electron chi connectivity index (χ2n) is 3.19. The second kappa shape index (κ2) is 2.85. The molecule has 3 heteroatoms. The molecule has 0 atom stereocenters. The van der Waals surface area contributed by atoms with Crippen LogP contribution >= 0.6 is 0 Å². The van der Waals surface area contributed by atoms with E-state index in [0.29, 0.717) is 12.1 Å². The van der Waals surface area contributed by atoms with Crippen LogP contribution < -0.4 is 5.73 Å². The van der Waals surface area contributed by atoms with Crippen LogP contribution in [0.4, 0.5) is 4.39 Å². The summed E-state index contributed by atoms with van der Waals surface area (Å²) < 4.78 is 13.1. The Bertz CT molecular complexity index is 406. The van der Waals surface area contributed by atoms with Crippen LogP contribution in [0.5, 0.6) is 0 Å². The minimum atomic E-state index is -0.182. The second-order valence-corrected chi connectivity index (χ2v) is 3.19. The molecule has 13 heavy (non-hydrogen) atoms. The zero-order valence-corrected chi connectivity index (χ0v) is 7.39. The summed E-state index contributed by atoms with van der Waals surface area (Å²) in [7, 11) is 0. The van der Waals surface area contributed by atoms with E-state index in [0.717, 1.165) is 16.6 Å². The molecule has 2 nitrogen and oxygen atoms in total. The first-order chi connectivity index (χ1) is 6.20. The van der Waals surface area contributed by atoms with Crippen molar-refractivity contribution in [2.75, 3.05) is 0 Å². The molecule has 2 rings (SSSR count). The lowest BCUT2D eigenvalue weighted by Gasteiger charge is -1.95. The van der Waals surface area contributed by atoms with Gasteiger partial charge in [-0.2, -0.15) is 0 Å². The molecule has 0 unspecified atom stereocenters. The summed E-state index contributed by atoms with van der Waals surface area (Å²) in [5.74, 6) is -0.182. The zero-order chi connectivity index (χ0) is 9.42. The van der Waals surface area contributed by atoms with Crippen molar-refractivity contribution in [1.82, 2.24) is 4.98 Å². The van der Waals surface area contributed by atoms with Gasteiger partial charge in [0, 0.05) is 23.1 Å². The van der Waals surface area contributed by atoms with Crippen molar-refractivity contribution in [3.8, 4) is 0 Å². The lowest BCUT2D eigenvalue weighted by atomic mass is 10.1. The molecule has 0 bridgehead atoms. The number of halogens is 1. The molecule has 0 aliphatic heterocycles.